The lowest BCUT2D eigenvalue weighted by molar-refractivity contribution is 0.493. The summed E-state index contributed by atoms with van der Waals surface area (Å²) in [7, 11) is 1.96. The number of nitrogens with zero attached hydrogens (tertiary/aromatic N) is 3. The molecule has 0 fully saturated rings. The Balaban J connectivity index is 1.86. The summed E-state index contributed by atoms with van der Waals surface area (Å²) in [6, 6.07) is 8.97. The van der Waals surface area contributed by atoms with Crippen molar-refractivity contribution < 1.29 is 0 Å². The molecule has 0 saturated carbocycles. The van der Waals surface area contributed by atoms with Crippen LogP contribution >= 0.6 is 11.8 Å². The third-order valence-electron chi connectivity index (χ3n) is 3.54. The van der Waals surface area contributed by atoms with Crippen molar-refractivity contribution in [1.29, 1.82) is 0 Å². The van der Waals surface area contributed by atoms with E-state index >= 15 is 0 Å². The largest absolute Gasteiger partial charge is 0.308 e. The fourth-order valence-corrected chi connectivity index (χ4v) is 4.04. The van der Waals surface area contributed by atoms with Crippen molar-refractivity contribution in [2.24, 2.45) is 7.05 Å². The second-order valence-corrected chi connectivity index (χ2v) is 6.07. The Bertz CT molecular complexity index is 541. The Kier molecular flexibility index (Phi) is 3.57. The lowest BCUT2D eigenvalue weighted by Crippen LogP contribution is -2.31. The molecule has 19 heavy (non-hydrogen) atoms. The normalized spacial score (nSPS) is 19.4. The zero-order chi connectivity index (χ0) is 13.2. The molecule has 3 rings (SSSR count). The smallest absolute Gasteiger partial charge is 0.0764 e. The van der Waals surface area contributed by atoms with E-state index in [2.05, 4.69) is 46.8 Å². The molecule has 2 aromatic rings. The molecular formula is C14H18N4S. The number of nitrogens with one attached hydrogen (secondary N) is 1. The predicted octanol–water partition coefficient (Wildman–Crippen LogP) is 2.18. The van der Waals surface area contributed by atoms with Crippen molar-refractivity contribution in [3.8, 4) is 0 Å². The van der Waals surface area contributed by atoms with Crippen LogP contribution in [0.3, 0.4) is 0 Å². The molecule has 2 atom stereocenters. The average Bonchev–Trinajstić information content (AvgIpc) is 3.02. The van der Waals surface area contributed by atoms with Crippen molar-refractivity contribution in [2.45, 2.75) is 29.5 Å². The third kappa shape index (κ3) is 2.40. The first-order chi connectivity index (χ1) is 9.29. The molecule has 0 bridgehead atoms. The number of aryl methyl sites for hydroxylation is 1. The first-order valence-corrected chi connectivity index (χ1v) is 7.50. The highest BCUT2D eigenvalue weighted by Crippen LogP contribution is 2.42. The SMILES string of the molecule is CCNC(c1cnnn1C)C1Cc2ccccc2S1. The number of thioether (sulfide) groups is 1. The number of hydrogen-bond donors (Lipinski definition) is 1. The van der Waals surface area contributed by atoms with Crippen LogP contribution < -0.4 is 5.32 Å². The van der Waals surface area contributed by atoms with Crippen molar-refractivity contribution in [3.05, 3.63) is 41.7 Å². The van der Waals surface area contributed by atoms with E-state index in [9.17, 15) is 0 Å². The second kappa shape index (κ2) is 5.35. The van der Waals surface area contributed by atoms with Crippen LogP contribution in [-0.4, -0.2) is 26.8 Å². The average molecular weight is 274 g/mol. The zero-order valence-corrected chi connectivity index (χ0v) is 12.0. The van der Waals surface area contributed by atoms with Gasteiger partial charge in [-0.1, -0.05) is 30.3 Å². The quantitative estimate of drug-likeness (QED) is 0.928. The molecule has 0 amide bonds. The lowest BCUT2D eigenvalue weighted by atomic mass is 10.0. The molecule has 1 N–H and O–H groups in total. The molecule has 0 aliphatic carbocycles. The minimum Gasteiger partial charge on any atom is -0.308 e. The molecule has 0 saturated heterocycles. The second-order valence-electron chi connectivity index (χ2n) is 4.79. The van der Waals surface area contributed by atoms with E-state index < -0.39 is 0 Å². The summed E-state index contributed by atoms with van der Waals surface area (Å²) in [4.78, 5) is 1.41. The molecule has 0 radical (unpaired) electrons. The van der Waals surface area contributed by atoms with E-state index in [0.717, 1.165) is 18.7 Å². The molecule has 0 spiro atoms. The molecule has 5 heteroatoms. The Hall–Kier alpha value is -1.33. The molecule has 1 aliphatic rings. The van der Waals surface area contributed by atoms with E-state index in [1.807, 2.05) is 29.7 Å². The molecule has 4 nitrogen and oxygen atoms in total. The fourth-order valence-electron chi connectivity index (χ4n) is 2.62. The molecule has 100 valence electrons. The number of fused-ring (bicyclic) bond motifs is 1. The molecule has 1 aromatic heterocycles. The summed E-state index contributed by atoms with van der Waals surface area (Å²) >= 11 is 1.96. The standard InChI is InChI=1S/C14H18N4S/c1-3-15-14(11-9-16-17-18(11)2)13-8-10-6-4-5-7-12(10)19-13/h4-7,9,13-15H,3,8H2,1-2H3. The first-order valence-electron chi connectivity index (χ1n) is 6.62. The van der Waals surface area contributed by atoms with E-state index in [-0.39, 0.29) is 0 Å². The van der Waals surface area contributed by atoms with Crippen LogP contribution in [0.15, 0.2) is 35.4 Å². The summed E-state index contributed by atoms with van der Waals surface area (Å²) in [6.45, 7) is 3.09. The van der Waals surface area contributed by atoms with Crippen molar-refractivity contribution in [1.82, 2.24) is 20.3 Å². The van der Waals surface area contributed by atoms with Crippen LogP contribution in [0.2, 0.25) is 0 Å². The molecule has 1 aromatic carbocycles. The van der Waals surface area contributed by atoms with Gasteiger partial charge in [-0.2, -0.15) is 0 Å². The molecular weight excluding hydrogens is 256 g/mol. The Morgan fingerprint density at radius 3 is 3.00 bits per heavy atom. The minimum absolute atomic E-state index is 0.294. The van der Waals surface area contributed by atoms with Gasteiger partial charge in [-0.05, 0) is 24.6 Å². The maximum absolute atomic E-state index is 4.06. The maximum atomic E-state index is 4.06. The summed E-state index contributed by atoms with van der Waals surface area (Å²) in [5.74, 6) is 0. The molecule has 1 aliphatic heterocycles. The molecule has 2 heterocycles. The molecule has 2 unspecified atom stereocenters. The fraction of sp³-hybridized carbons (Fsp3) is 0.429. The highest BCUT2D eigenvalue weighted by molar-refractivity contribution is 8.00. The highest BCUT2D eigenvalue weighted by Gasteiger charge is 2.31. The zero-order valence-electron chi connectivity index (χ0n) is 11.2. The van der Waals surface area contributed by atoms with Crippen LogP contribution in [0.25, 0.3) is 0 Å². The van der Waals surface area contributed by atoms with Gasteiger partial charge in [0.15, 0.2) is 0 Å². The number of aromatic nitrogens is 3. The first kappa shape index (κ1) is 12.7. The van der Waals surface area contributed by atoms with E-state index in [1.165, 1.54) is 10.5 Å². The van der Waals surface area contributed by atoms with Gasteiger partial charge in [-0.3, -0.25) is 4.68 Å². The van der Waals surface area contributed by atoms with Gasteiger partial charge in [0.05, 0.1) is 17.9 Å². The third-order valence-corrected chi connectivity index (χ3v) is 4.93. The van der Waals surface area contributed by atoms with Crippen LogP contribution in [0.5, 0.6) is 0 Å². The van der Waals surface area contributed by atoms with E-state index in [0.29, 0.717) is 11.3 Å². The van der Waals surface area contributed by atoms with Gasteiger partial charge in [-0.15, -0.1) is 16.9 Å². The van der Waals surface area contributed by atoms with Gasteiger partial charge < -0.3 is 5.32 Å². The summed E-state index contributed by atoms with van der Waals surface area (Å²) < 4.78 is 1.87. The van der Waals surface area contributed by atoms with Gasteiger partial charge in [0.2, 0.25) is 0 Å². The van der Waals surface area contributed by atoms with Crippen molar-refractivity contribution >= 4 is 11.8 Å². The predicted molar refractivity (Wildman–Crippen MR) is 77.2 cm³/mol. The lowest BCUT2D eigenvalue weighted by Gasteiger charge is -2.23. The monoisotopic (exact) mass is 274 g/mol. The topological polar surface area (TPSA) is 42.7 Å². The summed E-state index contributed by atoms with van der Waals surface area (Å²) in [5, 5.41) is 12.2. The summed E-state index contributed by atoms with van der Waals surface area (Å²) in [5.41, 5.74) is 2.61. The van der Waals surface area contributed by atoms with Crippen molar-refractivity contribution in [3.63, 3.8) is 0 Å². The van der Waals surface area contributed by atoms with Gasteiger partial charge in [0.1, 0.15) is 0 Å². The Labute approximate surface area is 117 Å². The minimum atomic E-state index is 0.294. The Morgan fingerprint density at radius 1 is 1.47 bits per heavy atom. The van der Waals surface area contributed by atoms with Crippen molar-refractivity contribution in [2.75, 3.05) is 6.54 Å². The van der Waals surface area contributed by atoms with Crippen LogP contribution in [-0.2, 0) is 13.5 Å². The number of benzene rings is 1. The van der Waals surface area contributed by atoms with Gasteiger partial charge in [-0.25, -0.2) is 0 Å². The summed E-state index contributed by atoms with van der Waals surface area (Å²) in [6.07, 6.45) is 2.97. The number of rotatable bonds is 4. The maximum Gasteiger partial charge on any atom is 0.0764 e. The van der Waals surface area contributed by atoms with Gasteiger partial charge in [0.25, 0.3) is 0 Å². The van der Waals surface area contributed by atoms with Crippen LogP contribution in [0.1, 0.15) is 24.2 Å². The van der Waals surface area contributed by atoms with E-state index in [4.69, 9.17) is 0 Å². The van der Waals surface area contributed by atoms with Crippen LogP contribution in [0, 0.1) is 0 Å². The van der Waals surface area contributed by atoms with E-state index in [1.54, 1.807) is 0 Å². The highest BCUT2D eigenvalue weighted by atomic mass is 32.2. The Morgan fingerprint density at radius 2 is 2.32 bits per heavy atom. The van der Waals surface area contributed by atoms with Crippen LogP contribution in [0.4, 0.5) is 0 Å². The van der Waals surface area contributed by atoms with Gasteiger partial charge in [0, 0.05) is 17.2 Å². The van der Waals surface area contributed by atoms with Gasteiger partial charge >= 0.3 is 0 Å². The number of hydrogen-bond acceptors (Lipinski definition) is 4.